The van der Waals surface area contributed by atoms with Gasteiger partial charge in [0.15, 0.2) is 5.78 Å². The van der Waals surface area contributed by atoms with Crippen LogP contribution in [0.3, 0.4) is 0 Å². The van der Waals surface area contributed by atoms with E-state index in [1.807, 2.05) is 48.5 Å². The summed E-state index contributed by atoms with van der Waals surface area (Å²) in [5, 5.41) is 0. The molecule has 0 heterocycles. The van der Waals surface area contributed by atoms with Crippen molar-refractivity contribution in [3.8, 4) is 16.9 Å². The van der Waals surface area contributed by atoms with Gasteiger partial charge in [-0.2, -0.15) is 0 Å². The highest BCUT2D eigenvalue weighted by Crippen LogP contribution is 2.37. The summed E-state index contributed by atoms with van der Waals surface area (Å²) < 4.78 is 10.1. The highest BCUT2D eigenvalue weighted by atomic mass is 16.5. The number of methoxy groups -OCH3 is 2. The van der Waals surface area contributed by atoms with Crippen molar-refractivity contribution in [1.82, 2.24) is 0 Å². The Hall–Kier alpha value is -3.40. The lowest BCUT2D eigenvalue weighted by Crippen LogP contribution is -2.12. The molecule has 0 fully saturated rings. The van der Waals surface area contributed by atoms with Crippen LogP contribution in [0.2, 0.25) is 0 Å². The molecule has 0 amide bonds. The molecule has 4 nitrogen and oxygen atoms in total. The fraction of sp³-hybridized carbons (Fsp3) is 0.200. The number of carbonyl (C=O) groups excluding carboxylic acids is 2. The zero-order valence-electron chi connectivity index (χ0n) is 16.5. The van der Waals surface area contributed by atoms with Gasteiger partial charge in [-0.1, -0.05) is 42.5 Å². The number of fused-ring (bicyclic) bond motifs is 1. The van der Waals surface area contributed by atoms with Crippen LogP contribution in [0, 0.1) is 5.92 Å². The smallest absolute Gasteiger partial charge is 0.337 e. The zero-order chi connectivity index (χ0) is 20.4. The lowest BCUT2D eigenvalue weighted by molar-refractivity contribution is 0.0600. The summed E-state index contributed by atoms with van der Waals surface area (Å²) in [5.41, 5.74) is 5.59. The minimum atomic E-state index is -0.358. The van der Waals surface area contributed by atoms with Crippen LogP contribution in [-0.4, -0.2) is 26.0 Å². The molecule has 1 atom stereocenters. The number of hydrogen-bond donors (Lipinski definition) is 0. The van der Waals surface area contributed by atoms with E-state index in [9.17, 15) is 9.59 Å². The summed E-state index contributed by atoms with van der Waals surface area (Å²) in [6.45, 7) is 0. The SMILES string of the molecule is COC(=O)c1ccc(CC2Cc3c(cccc3-c3cccc(OC)c3)C2=O)cc1. The van der Waals surface area contributed by atoms with Crippen molar-refractivity contribution in [3.05, 3.63) is 89.0 Å². The van der Waals surface area contributed by atoms with E-state index >= 15 is 0 Å². The van der Waals surface area contributed by atoms with Crippen molar-refractivity contribution in [3.63, 3.8) is 0 Å². The third-order valence-electron chi connectivity index (χ3n) is 5.50. The Morgan fingerprint density at radius 2 is 1.69 bits per heavy atom. The highest BCUT2D eigenvalue weighted by molar-refractivity contribution is 6.04. The summed E-state index contributed by atoms with van der Waals surface area (Å²) in [6.07, 6.45) is 1.35. The predicted octanol–water partition coefficient (Wildman–Crippen LogP) is 4.75. The van der Waals surface area contributed by atoms with Gasteiger partial charge >= 0.3 is 5.97 Å². The highest BCUT2D eigenvalue weighted by Gasteiger charge is 2.32. The van der Waals surface area contributed by atoms with Crippen LogP contribution >= 0.6 is 0 Å². The topological polar surface area (TPSA) is 52.6 Å². The molecular formula is C25H22O4. The van der Waals surface area contributed by atoms with Crippen molar-refractivity contribution >= 4 is 11.8 Å². The quantitative estimate of drug-likeness (QED) is 0.594. The first-order chi connectivity index (χ1) is 14.1. The lowest BCUT2D eigenvalue weighted by atomic mass is 9.94. The van der Waals surface area contributed by atoms with Gasteiger partial charge < -0.3 is 9.47 Å². The molecule has 146 valence electrons. The number of ether oxygens (including phenoxy) is 2. The molecule has 29 heavy (non-hydrogen) atoms. The second-order valence-corrected chi connectivity index (χ2v) is 7.22. The van der Waals surface area contributed by atoms with Crippen molar-refractivity contribution in [2.24, 2.45) is 5.92 Å². The van der Waals surface area contributed by atoms with E-state index in [4.69, 9.17) is 9.47 Å². The fourth-order valence-corrected chi connectivity index (χ4v) is 4.00. The summed E-state index contributed by atoms with van der Waals surface area (Å²) in [6, 6.07) is 21.1. The largest absolute Gasteiger partial charge is 0.497 e. The van der Waals surface area contributed by atoms with Gasteiger partial charge in [0.25, 0.3) is 0 Å². The molecule has 0 saturated heterocycles. The molecule has 0 bridgehead atoms. The van der Waals surface area contributed by atoms with Crippen LogP contribution in [0.15, 0.2) is 66.7 Å². The molecular weight excluding hydrogens is 364 g/mol. The second-order valence-electron chi connectivity index (χ2n) is 7.22. The number of benzene rings is 3. The number of esters is 1. The zero-order valence-corrected chi connectivity index (χ0v) is 16.5. The van der Waals surface area contributed by atoms with Crippen molar-refractivity contribution < 1.29 is 19.1 Å². The monoisotopic (exact) mass is 386 g/mol. The van der Waals surface area contributed by atoms with Crippen LogP contribution in [0.1, 0.15) is 31.8 Å². The predicted molar refractivity (Wildman–Crippen MR) is 111 cm³/mol. The van der Waals surface area contributed by atoms with Crippen LogP contribution < -0.4 is 4.74 Å². The molecule has 3 aromatic rings. The average molecular weight is 386 g/mol. The summed E-state index contributed by atoms with van der Waals surface area (Å²) in [5.74, 6) is 0.526. The minimum absolute atomic E-state index is 0.0965. The van der Waals surface area contributed by atoms with Crippen LogP contribution in [-0.2, 0) is 17.6 Å². The number of ketones is 1. The number of carbonyl (C=O) groups is 2. The number of hydrogen-bond acceptors (Lipinski definition) is 4. The maximum atomic E-state index is 13.0. The Balaban J connectivity index is 1.59. The van der Waals surface area contributed by atoms with Gasteiger partial charge in [0.2, 0.25) is 0 Å². The maximum Gasteiger partial charge on any atom is 0.337 e. The van der Waals surface area contributed by atoms with Crippen molar-refractivity contribution in [1.29, 1.82) is 0 Å². The van der Waals surface area contributed by atoms with Crippen molar-refractivity contribution in [2.45, 2.75) is 12.8 Å². The molecule has 4 rings (SSSR count). The standard InChI is InChI=1S/C25H22O4/c1-28-20-6-3-5-18(14-20)21-7-4-8-22-23(21)15-19(24(22)26)13-16-9-11-17(12-10-16)25(27)29-2/h3-12,14,19H,13,15H2,1-2H3. The summed E-state index contributed by atoms with van der Waals surface area (Å²) in [4.78, 5) is 24.6. The van der Waals surface area contributed by atoms with Gasteiger partial charge in [-0.15, -0.1) is 0 Å². The first-order valence-electron chi connectivity index (χ1n) is 9.58. The molecule has 0 aliphatic heterocycles. The molecule has 1 unspecified atom stereocenters. The molecule has 3 aromatic carbocycles. The van der Waals surface area contributed by atoms with E-state index in [0.29, 0.717) is 18.4 Å². The first kappa shape index (κ1) is 18.9. The van der Waals surface area contributed by atoms with Gasteiger partial charge in [-0.05, 0) is 59.4 Å². The molecule has 0 radical (unpaired) electrons. The average Bonchev–Trinajstić information content (AvgIpc) is 3.09. The minimum Gasteiger partial charge on any atom is -0.497 e. The van der Waals surface area contributed by atoms with E-state index < -0.39 is 0 Å². The summed E-state index contributed by atoms with van der Waals surface area (Å²) in [7, 11) is 3.02. The summed E-state index contributed by atoms with van der Waals surface area (Å²) >= 11 is 0. The Kier molecular flexibility index (Phi) is 5.17. The molecule has 1 aliphatic carbocycles. The van der Waals surface area contributed by atoms with Crippen molar-refractivity contribution in [2.75, 3.05) is 14.2 Å². The van der Waals surface area contributed by atoms with Gasteiger partial charge in [0.05, 0.1) is 19.8 Å². The van der Waals surface area contributed by atoms with Gasteiger partial charge in [0, 0.05) is 11.5 Å². The Labute approximate surface area is 170 Å². The van der Waals surface area contributed by atoms with E-state index in [1.165, 1.54) is 7.11 Å². The Bertz CT molecular complexity index is 1070. The van der Waals surface area contributed by atoms with Crippen LogP contribution in [0.25, 0.3) is 11.1 Å². The molecule has 0 spiro atoms. The molecule has 0 N–H and O–H groups in total. The Morgan fingerprint density at radius 3 is 2.41 bits per heavy atom. The molecule has 1 aliphatic rings. The number of rotatable bonds is 5. The normalized spacial score (nSPS) is 15.1. The number of Topliss-reactive ketones (excluding diaryl/α,β-unsaturated/α-hetero) is 1. The Morgan fingerprint density at radius 1 is 0.966 bits per heavy atom. The lowest BCUT2D eigenvalue weighted by Gasteiger charge is -2.10. The van der Waals surface area contributed by atoms with Crippen LogP contribution in [0.4, 0.5) is 0 Å². The third kappa shape index (κ3) is 3.66. The van der Waals surface area contributed by atoms with Gasteiger partial charge in [-0.3, -0.25) is 4.79 Å². The molecule has 4 heteroatoms. The van der Waals surface area contributed by atoms with E-state index in [0.717, 1.165) is 33.6 Å². The first-order valence-corrected chi connectivity index (χ1v) is 9.58. The van der Waals surface area contributed by atoms with Gasteiger partial charge in [0.1, 0.15) is 5.75 Å². The van der Waals surface area contributed by atoms with E-state index in [2.05, 4.69) is 6.07 Å². The molecule has 0 saturated carbocycles. The maximum absolute atomic E-state index is 13.0. The second kappa shape index (κ2) is 7.92. The van der Waals surface area contributed by atoms with E-state index in [1.54, 1.807) is 19.2 Å². The third-order valence-corrected chi connectivity index (χ3v) is 5.50. The van der Waals surface area contributed by atoms with Gasteiger partial charge in [-0.25, -0.2) is 4.79 Å². The fourth-order valence-electron chi connectivity index (χ4n) is 4.00. The molecule has 0 aromatic heterocycles. The van der Waals surface area contributed by atoms with E-state index in [-0.39, 0.29) is 17.7 Å². The van der Waals surface area contributed by atoms with Crippen LogP contribution in [0.5, 0.6) is 5.75 Å².